The van der Waals surface area contributed by atoms with Gasteiger partial charge in [-0.15, -0.1) is 0 Å². The first-order chi connectivity index (χ1) is 8.18. The summed E-state index contributed by atoms with van der Waals surface area (Å²) >= 11 is 0. The zero-order chi connectivity index (χ0) is 12.0. The number of rotatable bonds is 1. The van der Waals surface area contributed by atoms with Crippen LogP contribution in [0.4, 0.5) is 0 Å². The molecular weight excluding hydrogens is 208 g/mol. The Labute approximate surface area is 103 Å². The second-order valence-corrected chi connectivity index (χ2v) is 5.81. The minimum atomic E-state index is -0.0922. The molecule has 0 heterocycles. The van der Waals surface area contributed by atoms with Gasteiger partial charge in [-0.3, -0.25) is 4.79 Å². The Bertz CT molecular complexity index is 462. The molecule has 1 aromatic carbocycles. The molecule has 90 valence electrons. The molecule has 0 bridgehead atoms. The molecule has 0 aliphatic heterocycles. The van der Waals surface area contributed by atoms with Crippen LogP contribution in [0, 0.1) is 11.3 Å². The number of ketones is 1. The highest BCUT2D eigenvalue weighted by molar-refractivity contribution is 5.95. The van der Waals surface area contributed by atoms with Gasteiger partial charge in [-0.2, -0.15) is 0 Å². The van der Waals surface area contributed by atoms with Gasteiger partial charge in [-0.1, -0.05) is 38.1 Å². The van der Waals surface area contributed by atoms with Crippen molar-refractivity contribution < 1.29 is 4.79 Å². The van der Waals surface area contributed by atoms with Crippen molar-refractivity contribution >= 4 is 5.78 Å². The number of benzene rings is 1. The van der Waals surface area contributed by atoms with Crippen molar-refractivity contribution in [3.05, 3.63) is 35.4 Å². The van der Waals surface area contributed by atoms with E-state index in [1.807, 2.05) is 0 Å². The van der Waals surface area contributed by atoms with Crippen molar-refractivity contribution in [3.8, 4) is 0 Å². The van der Waals surface area contributed by atoms with E-state index in [-0.39, 0.29) is 5.41 Å². The summed E-state index contributed by atoms with van der Waals surface area (Å²) in [5, 5.41) is 0. The summed E-state index contributed by atoms with van der Waals surface area (Å²) in [4.78, 5) is 12.3. The van der Waals surface area contributed by atoms with Crippen molar-refractivity contribution in [2.45, 2.75) is 45.4 Å². The van der Waals surface area contributed by atoms with E-state index in [2.05, 4.69) is 38.1 Å². The van der Waals surface area contributed by atoms with Crippen molar-refractivity contribution in [1.29, 1.82) is 0 Å². The summed E-state index contributed by atoms with van der Waals surface area (Å²) in [6.45, 7) is 4.32. The normalized spacial score (nSPS) is 35.5. The fourth-order valence-corrected chi connectivity index (χ4v) is 3.91. The lowest BCUT2D eigenvalue weighted by Gasteiger charge is -2.51. The van der Waals surface area contributed by atoms with Crippen molar-refractivity contribution in [3.63, 3.8) is 0 Å². The first-order valence-corrected chi connectivity index (χ1v) is 6.80. The molecule has 0 N–H and O–H groups in total. The van der Waals surface area contributed by atoms with Crippen LogP contribution < -0.4 is 0 Å². The van der Waals surface area contributed by atoms with Crippen LogP contribution in [0.1, 0.15) is 50.2 Å². The number of fused-ring (bicyclic) bond motifs is 3. The van der Waals surface area contributed by atoms with Gasteiger partial charge in [0, 0.05) is 17.3 Å². The van der Waals surface area contributed by atoms with E-state index < -0.39 is 0 Å². The predicted octanol–water partition coefficient (Wildman–Crippen LogP) is 3.72. The van der Waals surface area contributed by atoms with Gasteiger partial charge in [0.2, 0.25) is 0 Å². The summed E-state index contributed by atoms with van der Waals surface area (Å²) in [7, 11) is 0. The fourth-order valence-electron chi connectivity index (χ4n) is 3.91. The lowest BCUT2D eigenvalue weighted by atomic mass is 9.50. The van der Waals surface area contributed by atoms with E-state index in [1.165, 1.54) is 17.5 Å². The van der Waals surface area contributed by atoms with Crippen LogP contribution in [0.5, 0.6) is 0 Å². The standard InChI is InChI=1S/C16H20O/c1-3-16(2)14-12-9-5-4-7-11(12)8-6-10-13(14)15(16)17/h4-5,7,9,13-14H,3,6,8,10H2,1-2H3. The average Bonchev–Trinajstić information content (AvgIpc) is 2.55. The monoisotopic (exact) mass is 228 g/mol. The summed E-state index contributed by atoms with van der Waals surface area (Å²) in [5.74, 6) is 1.31. The minimum Gasteiger partial charge on any atom is -0.299 e. The molecule has 1 heteroatoms. The largest absolute Gasteiger partial charge is 0.299 e. The Morgan fingerprint density at radius 3 is 2.88 bits per heavy atom. The van der Waals surface area contributed by atoms with Gasteiger partial charge in [0.05, 0.1) is 0 Å². The van der Waals surface area contributed by atoms with Gasteiger partial charge >= 0.3 is 0 Å². The van der Waals surface area contributed by atoms with Crippen LogP contribution in [-0.4, -0.2) is 5.78 Å². The van der Waals surface area contributed by atoms with Crippen molar-refractivity contribution in [2.24, 2.45) is 11.3 Å². The fraction of sp³-hybridized carbons (Fsp3) is 0.562. The third-order valence-electron chi connectivity index (χ3n) is 5.07. The number of aryl methyl sites for hydroxylation is 1. The van der Waals surface area contributed by atoms with Crippen LogP contribution in [0.25, 0.3) is 0 Å². The van der Waals surface area contributed by atoms with Gasteiger partial charge in [0.25, 0.3) is 0 Å². The van der Waals surface area contributed by atoms with E-state index in [1.54, 1.807) is 0 Å². The summed E-state index contributed by atoms with van der Waals surface area (Å²) in [5.41, 5.74) is 2.84. The number of carbonyl (C=O) groups excluding carboxylic acids is 1. The minimum absolute atomic E-state index is 0.0922. The van der Waals surface area contributed by atoms with E-state index in [0.717, 1.165) is 19.3 Å². The van der Waals surface area contributed by atoms with Crippen LogP contribution in [-0.2, 0) is 11.2 Å². The third-order valence-corrected chi connectivity index (χ3v) is 5.07. The molecule has 0 radical (unpaired) electrons. The van der Waals surface area contributed by atoms with Gasteiger partial charge in [0.15, 0.2) is 0 Å². The van der Waals surface area contributed by atoms with Crippen LogP contribution in [0.3, 0.4) is 0 Å². The van der Waals surface area contributed by atoms with Crippen LogP contribution >= 0.6 is 0 Å². The summed E-state index contributed by atoms with van der Waals surface area (Å²) in [6.07, 6.45) is 4.38. The molecule has 0 amide bonds. The van der Waals surface area contributed by atoms with E-state index >= 15 is 0 Å². The smallest absolute Gasteiger partial charge is 0.143 e. The molecule has 0 saturated heterocycles. The molecular formula is C16H20O. The van der Waals surface area contributed by atoms with Gasteiger partial charge < -0.3 is 0 Å². The average molecular weight is 228 g/mol. The Hall–Kier alpha value is -1.11. The topological polar surface area (TPSA) is 17.1 Å². The lowest BCUT2D eigenvalue weighted by Crippen LogP contribution is -2.53. The Morgan fingerprint density at radius 2 is 2.12 bits per heavy atom. The molecule has 1 nitrogen and oxygen atoms in total. The molecule has 2 aliphatic rings. The lowest BCUT2D eigenvalue weighted by molar-refractivity contribution is -0.149. The summed E-state index contributed by atoms with van der Waals surface area (Å²) in [6, 6.07) is 8.75. The van der Waals surface area contributed by atoms with Crippen molar-refractivity contribution in [1.82, 2.24) is 0 Å². The molecule has 1 saturated carbocycles. The molecule has 2 aliphatic carbocycles. The molecule has 3 rings (SSSR count). The molecule has 0 spiro atoms. The van der Waals surface area contributed by atoms with E-state index in [4.69, 9.17) is 0 Å². The SMILES string of the molecule is CCC1(C)C(=O)C2CCCc3ccccc3C21. The highest BCUT2D eigenvalue weighted by Crippen LogP contribution is 2.59. The molecule has 1 fully saturated rings. The number of hydrogen-bond acceptors (Lipinski definition) is 1. The zero-order valence-corrected chi connectivity index (χ0v) is 10.7. The maximum atomic E-state index is 12.3. The maximum Gasteiger partial charge on any atom is 0.143 e. The number of carbonyl (C=O) groups is 1. The molecule has 1 aromatic rings. The Kier molecular flexibility index (Phi) is 2.39. The van der Waals surface area contributed by atoms with E-state index in [0.29, 0.717) is 17.6 Å². The Morgan fingerprint density at radius 1 is 1.35 bits per heavy atom. The van der Waals surface area contributed by atoms with Crippen molar-refractivity contribution in [2.75, 3.05) is 0 Å². The molecule has 17 heavy (non-hydrogen) atoms. The molecule has 3 atom stereocenters. The van der Waals surface area contributed by atoms with E-state index in [9.17, 15) is 4.79 Å². The highest BCUT2D eigenvalue weighted by atomic mass is 16.1. The third kappa shape index (κ3) is 1.34. The van der Waals surface area contributed by atoms with Gasteiger partial charge in [0.1, 0.15) is 5.78 Å². The Balaban J connectivity index is 2.09. The maximum absolute atomic E-state index is 12.3. The zero-order valence-electron chi connectivity index (χ0n) is 10.7. The number of Topliss-reactive ketones (excluding diaryl/α,β-unsaturated/α-hetero) is 1. The first-order valence-electron chi connectivity index (χ1n) is 6.80. The quantitative estimate of drug-likeness (QED) is 0.716. The second kappa shape index (κ2) is 3.69. The van der Waals surface area contributed by atoms with Gasteiger partial charge in [-0.25, -0.2) is 0 Å². The van der Waals surface area contributed by atoms with Crippen LogP contribution in [0.2, 0.25) is 0 Å². The second-order valence-electron chi connectivity index (χ2n) is 5.81. The molecule has 0 aromatic heterocycles. The summed E-state index contributed by atoms with van der Waals surface area (Å²) < 4.78 is 0. The van der Waals surface area contributed by atoms with Gasteiger partial charge in [-0.05, 0) is 36.8 Å². The predicted molar refractivity (Wildman–Crippen MR) is 69.0 cm³/mol. The number of hydrogen-bond donors (Lipinski definition) is 0. The first kappa shape index (κ1) is 11.0. The van der Waals surface area contributed by atoms with Crippen LogP contribution in [0.15, 0.2) is 24.3 Å². The molecule has 3 unspecified atom stereocenters. The highest BCUT2D eigenvalue weighted by Gasteiger charge is 2.58.